The van der Waals surface area contributed by atoms with E-state index in [1.54, 1.807) is 0 Å². The zero-order valence-electron chi connectivity index (χ0n) is 8.45. The Balaban J connectivity index is 2.16. The lowest BCUT2D eigenvalue weighted by Crippen LogP contribution is -2.22. The number of ether oxygens (including phenoxy) is 1. The largest absolute Gasteiger partial charge is 0.369 e. The van der Waals surface area contributed by atoms with Crippen LogP contribution >= 0.6 is 0 Å². The lowest BCUT2D eigenvalue weighted by molar-refractivity contribution is -0.121. The van der Waals surface area contributed by atoms with E-state index in [9.17, 15) is 4.79 Å². The van der Waals surface area contributed by atoms with Crippen LogP contribution in [0.2, 0.25) is 0 Å². The fourth-order valence-corrected chi connectivity index (χ4v) is 3.01. The fourth-order valence-electron chi connectivity index (χ4n) is 3.01. The van der Waals surface area contributed by atoms with Crippen LogP contribution in [0.5, 0.6) is 0 Å². The van der Waals surface area contributed by atoms with Crippen LogP contribution in [0.25, 0.3) is 0 Å². The first kappa shape index (κ1) is 9.20. The highest BCUT2D eigenvalue weighted by molar-refractivity contribution is 5.85. The van der Waals surface area contributed by atoms with Crippen molar-refractivity contribution < 1.29 is 9.53 Å². The second-order valence-corrected chi connectivity index (χ2v) is 4.34. The van der Waals surface area contributed by atoms with E-state index in [0.717, 1.165) is 12.8 Å². The number of fused-ring (bicyclic) bond motifs is 1. The predicted molar refractivity (Wildman–Crippen MR) is 50.4 cm³/mol. The maximum Gasteiger partial charge on any atom is 0.164 e. The van der Waals surface area contributed by atoms with Crippen molar-refractivity contribution in [2.75, 3.05) is 6.61 Å². The molecule has 0 N–H and O–H groups in total. The Bertz CT molecular complexity index is 212. The maximum atomic E-state index is 11.6. The highest BCUT2D eigenvalue weighted by Crippen LogP contribution is 2.45. The summed E-state index contributed by atoms with van der Waals surface area (Å²) in [5, 5.41) is 0. The van der Waals surface area contributed by atoms with Crippen LogP contribution in [0.1, 0.15) is 33.1 Å². The van der Waals surface area contributed by atoms with E-state index in [2.05, 4.69) is 13.8 Å². The molecule has 1 saturated heterocycles. The van der Waals surface area contributed by atoms with Crippen molar-refractivity contribution in [3.8, 4) is 0 Å². The molecule has 74 valence electrons. The van der Waals surface area contributed by atoms with Crippen molar-refractivity contribution >= 4 is 5.78 Å². The van der Waals surface area contributed by atoms with Gasteiger partial charge in [0, 0.05) is 5.92 Å². The van der Waals surface area contributed by atoms with Crippen LogP contribution < -0.4 is 0 Å². The molecular weight excluding hydrogens is 164 g/mol. The second kappa shape index (κ2) is 3.41. The first-order valence-corrected chi connectivity index (χ1v) is 5.42. The Morgan fingerprint density at radius 2 is 2.00 bits per heavy atom. The van der Waals surface area contributed by atoms with Crippen molar-refractivity contribution in [3.63, 3.8) is 0 Å². The van der Waals surface area contributed by atoms with Crippen molar-refractivity contribution in [2.24, 2.45) is 17.8 Å². The summed E-state index contributed by atoms with van der Waals surface area (Å²) in [5.74, 6) is 1.84. The van der Waals surface area contributed by atoms with Crippen LogP contribution in [0.4, 0.5) is 0 Å². The van der Waals surface area contributed by atoms with E-state index in [0.29, 0.717) is 24.2 Å². The quantitative estimate of drug-likeness (QED) is 0.653. The third-order valence-corrected chi connectivity index (χ3v) is 3.77. The molecule has 13 heavy (non-hydrogen) atoms. The molecule has 0 bridgehead atoms. The van der Waals surface area contributed by atoms with Gasteiger partial charge < -0.3 is 4.74 Å². The molecule has 2 heteroatoms. The third-order valence-electron chi connectivity index (χ3n) is 3.77. The van der Waals surface area contributed by atoms with Gasteiger partial charge in [-0.1, -0.05) is 26.7 Å². The number of carbonyl (C=O) groups is 1. The van der Waals surface area contributed by atoms with Gasteiger partial charge in [-0.25, -0.2) is 0 Å². The molecule has 1 heterocycles. The molecule has 0 aromatic heterocycles. The average Bonchev–Trinajstić information content (AvgIpc) is 2.67. The number of hydrogen-bond donors (Lipinski definition) is 0. The summed E-state index contributed by atoms with van der Waals surface area (Å²) >= 11 is 0. The Hall–Kier alpha value is -0.370. The molecule has 0 amide bonds. The monoisotopic (exact) mass is 182 g/mol. The van der Waals surface area contributed by atoms with E-state index >= 15 is 0 Å². The van der Waals surface area contributed by atoms with Gasteiger partial charge in [0.1, 0.15) is 6.61 Å². The number of ketones is 1. The Morgan fingerprint density at radius 1 is 1.31 bits per heavy atom. The molecule has 4 atom stereocenters. The molecule has 2 aliphatic rings. The minimum absolute atomic E-state index is 0.245. The summed E-state index contributed by atoms with van der Waals surface area (Å²) in [6.07, 6.45) is 3.76. The minimum Gasteiger partial charge on any atom is -0.369 e. The summed E-state index contributed by atoms with van der Waals surface area (Å²) in [4.78, 5) is 11.6. The molecule has 1 aliphatic heterocycles. The highest BCUT2D eigenvalue weighted by Gasteiger charge is 2.49. The number of Topliss-reactive ketones (excluding diaryl/α,β-unsaturated/α-hetero) is 1. The van der Waals surface area contributed by atoms with E-state index in [1.807, 2.05) is 0 Å². The first-order valence-electron chi connectivity index (χ1n) is 5.42. The number of hydrogen-bond acceptors (Lipinski definition) is 2. The second-order valence-electron chi connectivity index (χ2n) is 4.34. The topological polar surface area (TPSA) is 26.3 Å². The molecule has 1 aliphatic carbocycles. The van der Waals surface area contributed by atoms with Gasteiger partial charge in [0.05, 0.1) is 6.10 Å². The maximum absolute atomic E-state index is 11.6. The van der Waals surface area contributed by atoms with Crippen LogP contribution in [0.3, 0.4) is 0 Å². The molecule has 2 fully saturated rings. The Kier molecular flexibility index (Phi) is 2.41. The van der Waals surface area contributed by atoms with Crippen LogP contribution in [-0.4, -0.2) is 18.5 Å². The normalized spacial score (nSPS) is 44.0. The molecule has 0 aromatic rings. The van der Waals surface area contributed by atoms with Crippen molar-refractivity contribution in [1.29, 1.82) is 0 Å². The van der Waals surface area contributed by atoms with Crippen LogP contribution in [0, 0.1) is 17.8 Å². The van der Waals surface area contributed by atoms with Gasteiger partial charge in [0.25, 0.3) is 0 Å². The van der Waals surface area contributed by atoms with Gasteiger partial charge in [-0.05, 0) is 18.3 Å². The molecule has 0 radical (unpaired) electrons. The predicted octanol–water partition coefficient (Wildman–Crippen LogP) is 2.03. The standard InChI is InChI=1S/C11H18O2/c1-3-7-5-8(4-2)11-10(7)9(12)6-13-11/h7-8,10-11H,3-6H2,1-2H3. The summed E-state index contributed by atoms with van der Waals surface area (Å²) in [7, 11) is 0. The molecule has 2 nitrogen and oxygen atoms in total. The van der Waals surface area contributed by atoms with Gasteiger partial charge in [0.15, 0.2) is 5.78 Å². The van der Waals surface area contributed by atoms with Gasteiger partial charge in [-0.15, -0.1) is 0 Å². The van der Waals surface area contributed by atoms with E-state index in [-0.39, 0.29) is 12.0 Å². The zero-order chi connectivity index (χ0) is 9.42. The molecule has 4 unspecified atom stereocenters. The van der Waals surface area contributed by atoms with Gasteiger partial charge in [0.2, 0.25) is 0 Å². The van der Waals surface area contributed by atoms with E-state index < -0.39 is 0 Å². The van der Waals surface area contributed by atoms with Gasteiger partial charge in [-0.2, -0.15) is 0 Å². The van der Waals surface area contributed by atoms with Gasteiger partial charge in [-0.3, -0.25) is 4.79 Å². The summed E-state index contributed by atoms with van der Waals surface area (Å²) in [6, 6.07) is 0. The molecule has 2 rings (SSSR count). The van der Waals surface area contributed by atoms with E-state index in [1.165, 1.54) is 6.42 Å². The Morgan fingerprint density at radius 3 is 2.62 bits per heavy atom. The zero-order valence-corrected chi connectivity index (χ0v) is 8.45. The number of carbonyl (C=O) groups excluding carboxylic acids is 1. The molecule has 0 spiro atoms. The summed E-state index contributed by atoms with van der Waals surface area (Å²) in [5.41, 5.74) is 0. The highest BCUT2D eigenvalue weighted by atomic mass is 16.5. The molecule has 0 aromatic carbocycles. The SMILES string of the molecule is CCC1CC(CC)C2C(=O)COC12. The van der Waals surface area contributed by atoms with Gasteiger partial charge >= 0.3 is 0 Å². The van der Waals surface area contributed by atoms with Crippen molar-refractivity contribution in [1.82, 2.24) is 0 Å². The van der Waals surface area contributed by atoms with Crippen molar-refractivity contribution in [3.05, 3.63) is 0 Å². The minimum atomic E-state index is 0.245. The van der Waals surface area contributed by atoms with E-state index in [4.69, 9.17) is 4.74 Å². The average molecular weight is 182 g/mol. The Labute approximate surface area is 79.7 Å². The number of rotatable bonds is 2. The smallest absolute Gasteiger partial charge is 0.164 e. The van der Waals surface area contributed by atoms with Crippen LogP contribution in [-0.2, 0) is 9.53 Å². The lowest BCUT2D eigenvalue weighted by Gasteiger charge is -2.14. The third kappa shape index (κ3) is 1.32. The summed E-state index contributed by atoms with van der Waals surface area (Å²) in [6.45, 7) is 4.76. The fraction of sp³-hybridized carbons (Fsp3) is 0.909. The van der Waals surface area contributed by atoms with Crippen LogP contribution in [0.15, 0.2) is 0 Å². The molecular formula is C11H18O2. The first-order chi connectivity index (χ1) is 6.27. The lowest BCUT2D eigenvalue weighted by atomic mass is 9.90. The summed E-state index contributed by atoms with van der Waals surface area (Å²) < 4.78 is 5.58. The van der Waals surface area contributed by atoms with Crippen molar-refractivity contribution in [2.45, 2.75) is 39.2 Å². The molecule has 1 saturated carbocycles.